The van der Waals surface area contributed by atoms with Gasteiger partial charge in [0.05, 0.1) is 16.8 Å². The molecule has 4 N–H and O–H groups in total. The smallest absolute Gasteiger partial charge is 0.181 e. The molecule has 1 aromatic carbocycles. The SMILES string of the molecule is Cc1ncnc2c1ccn2[C@@H]1C[C@H](Oc2ccc(Cl)c(Cl)c2OCCN)[C@@H](O)[C@H]1O. The van der Waals surface area contributed by atoms with Crippen molar-refractivity contribution in [1.82, 2.24) is 14.5 Å². The highest BCUT2D eigenvalue weighted by molar-refractivity contribution is 6.43. The van der Waals surface area contributed by atoms with Crippen molar-refractivity contribution in [3.63, 3.8) is 0 Å². The number of aromatic nitrogens is 3. The molecule has 1 saturated carbocycles. The first kappa shape index (κ1) is 21.1. The second-order valence-corrected chi connectivity index (χ2v) is 7.97. The van der Waals surface area contributed by atoms with Gasteiger partial charge in [0.2, 0.25) is 0 Å². The molecule has 2 heterocycles. The molecule has 0 unspecified atom stereocenters. The normalized spacial score (nSPS) is 23.8. The lowest BCUT2D eigenvalue weighted by Crippen LogP contribution is -2.34. The van der Waals surface area contributed by atoms with E-state index in [0.717, 1.165) is 11.1 Å². The molecule has 1 fully saturated rings. The van der Waals surface area contributed by atoms with Crippen LogP contribution < -0.4 is 15.2 Å². The van der Waals surface area contributed by atoms with Crippen LogP contribution in [0.5, 0.6) is 11.5 Å². The molecule has 160 valence electrons. The fraction of sp³-hybridized carbons (Fsp3) is 0.400. The van der Waals surface area contributed by atoms with E-state index in [9.17, 15) is 10.2 Å². The Labute approximate surface area is 183 Å². The Balaban J connectivity index is 1.61. The van der Waals surface area contributed by atoms with Crippen LogP contribution in [-0.2, 0) is 0 Å². The Morgan fingerprint density at radius 2 is 2.00 bits per heavy atom. The molecule has 30 heavy (non-hydrogen) atoms. The van der Waals surface area contributed by atoms with Crippen molar-refractivity contribution in [3.05, 3.63) is 46.5 Å². The summed E-state index contributed by atoms with van der Waals surface area (Å²) in [5.74, 6) is 0.583. The average molecular weight is 453 g/mol. The number of aliphatic hydroxyl groups excluding tert-OH is 2. The van der Waals surface area contributed by atoms with Crippen molar-refractivity contribution in [3.8, 4) is 11.5 Å². The van der Waals surface area contributed by atoms with Crippen molar-refractivity contribution in [2.24, 2.45) is 5.73 Å². The molecule has 4 atom stereocenters. The summed E-state index contributed by atoms with van der Waals surface area (Å²) < 4.78 is 13.5. The summed E-state index contributed by atoms with van der Waals surface area (Å²) in [4.78, 5) is 8.53. The Hall–Kier alpha value is -2.10. The number of aryl methyl sites for hydroxylation is 1. The maximum Gasteiger partial charge on any atom is 0.181 e. The minimum atomic E-state index is -1.12. The molecule has 8 nitrogen and oxygen atoms in total. The van der Waals surface area contributed by atoms with Gasteiger partial charge in [0.1, 0.15) is 41.9 Å². The van der Waals surface area contributed by atoms with E-state index in [-0.39, 0.29) is 23.9 Å². The van der Waals surface area contributed by atoms with Gasteiger partial charge >= 0.3 is 0 Å². The van der Waals surface area contributed by atoms with Crippen molar-refractivity contribution in [2.75, 3.05) is 13.2 Å². The first-order chi connectivity index (χ1) is 14.4. The van der Waals surface area contributed by atoms with Crippen LogP contribution in [0.3, 0.4) is 0 Å². The molecule has 0 aliphatic heterocycles. The molecule has 0 spiro atoms. The Morgan fingerprint density at radius 3 is 2.77 bits per heavy atom. The van der Waals surface area contributed by atoms with Gasteiger partial charge in [-0.2, -0.15) is 0 Å². The van der Waals surface area contributed by atoms with E-state index < -0.39 is 24.4 Å². The summed E-state index contributed by atoms with van der Waals surface area (Å²) >= 11 is 12.4. The van der Waals surface area contributed by atoms with Crippen LogP contribution in [0, 0.1) is 6.92 Å². The Kier molecular flexibility index (Phi) is 6.04. The first-order valence-electron chi connectivity index (χ1n) is 9.54. The van der Waals surface area contributed by atoms with Crippen LogP contribution >= 0.6 is 23.2 Å². The number of benzene rings is 1. The van der Waals surface area contributed by atoms with E-state index in [2.05, 4.69) is 9.97 Å². The van der Waals surface area contributed by atoms with Gasteiger partial charge < -0.3 is 30.0 Å². The molecule has 0 bridgehead atoms. The van der Waals surface area contributed by atoms with Crippen LogP contribution in [-0.4, -0.2) is 56.2 Å². The summed E-state index contributed by atoms with van der Waals surface area (Å²) in [6.07, 6.45) is 0.819. The number of ether oxygens (including phenoxy) is 2. The third-order valence-electron chi connectivity index (χ3n) is 5.32. The van der Waals surface area contributed by atoms with Gasteiger partial charge in [-0.05, 0) is 25.1 Å². The zero-order valence-corrected chi connectivity index (χ0v) is 17.7. The predicted molar refractivity (Wildman–Crippen MR) is 113 cm³/mol. The fourth-order valence-electron chi connectivity index (χ4n) is 3.79. The van der Waals surface area contributed by atoms with Crippen molar-refractivity contribution in [1.29, 1.82) is 0 Å². The minimum absolute atomic E-state index is 0.204. The molecule has 1 aliphatic rings. The van der Waals surface area contributed by atoms with E-state index in [1.807, 2.05) is 23.8 Å². The topological polar surface area (TPSA) is 116 Å². The second kappa shape index (κ2) is 8.56. The largest absolute Gasteiger partial charge is 0.487 e. The molecule has 2 aromatic heterocycles. The number of hydrogen-bond acceptors (Lipinski definition) is 7. The van der Waals surface area contributed by atoms with Gasteiger partial charge in [0, 0.05) is 24.5 Å². The van der Waals surface area contributed by atoms with Crippen LogP contribution in [0.25, 0.3) is 11.0 Å². The third-order valence-corrected chi connectivity index (χ3v) is 6.11. The van der Waals surface area contributed by atoms with Gasteiger partial charge in [0.15, 0.2) is 11.5 Å². The highest BCUT2D eigenvalue weighted by atomic mass is 35.5. The molecular weight excluding hydrogens is 431 g/mol. The van der Waals surface area contributed by atoms with E-state index in [4.69, 9.17) is 38.4 Å². The van der Waals surface area contributed by atoms with Gasteiger partial charge in [0.25, 0.3) is 0 Å². The maximum atomic E-state index is 10.7. The number of rotatable bonds is 6. The third kappa shape index (κ3) is 3.70. The summed E-state index contributed by atoms with van der Waals surface area (Å²) in [5.41, 5.74) is 7.06. The zero-order valence-electron chi connectivity index (χ0n) is 16.2. The number of fused-ring (bicyclic) bond motifs is 1. The van der Waals surface area contributed by atoms with Gasteiger partial charge in [-0.15, -0.1) is 0 Å². The predicted octanol–water partition coefficient (Wildman–Crippen LogP) is 2.50. The lowest BCUT2D eigenvalue weighted by molar-refractivity contribution is -0.0170. The number of halogens is 2. The van der Waals surface area contributed by atoms with E-state index in [1.165, 1.54) is 6.33 Å². The van der Waals surface area contributed by atoms with E-state index in [0.29, 0.717) is 22.8 Å². The first-order valence-corrected chi connectivity index (χ1v) is 10.3. The number of aliphatic hydroxyl groups is 2. The second-order valence-electron chi connectivity index (χ2n) is 7.19. The summed E-state index contributed by atoms with van der Waals surface area (Å²) in [6.45, 7) is 2.41. The maximum absolute atomic E-state index is 10.7. The number of nitrogens with two attached hydrogens (primary N) is 1. The summed E-state index contributed by atoms with van der Waals surface area (Å²) in [5, 5.41) is 22.8. The number of nitrogens with zero attached hydrogens (tertiary/aromatic N) is 3. The van der Waals surface area contributed by atoms with Gasteiger partial charge in [-0.25, -0.2) is 9.97 Å². The Bertz CT molecular complexity index is 1060. The molecule has 0 radical (unpaired) electrons. The fourth-order valence-corrected chi connectivity index (χ4v) is 4.15. The standard InChI is InChI=1S/C20H22Cl2N4O4/c1-10-11-4-6-26(20(11)25-9-24-10)13-8-15(18(28)17(13)27)30-14-3-2-12(21)16(22)19(14)29-7-5-23/h2-4,6,9,13,15,17-18,27-28H,5,7-8,23H2,1H3/t13-,15+,17+,18-/m1/s1. The zero-order chi connectivity index (χ0) is 21.4. The quantitative estimate of drug-likeness (QED) is 0.525. The molecule has 1 aliphatic carbocycles. The molecule has 0 amide bonds. The Morgan fingerprint density at radius 1 is 1.20 bits per heavy atom. The van der Waals surface area contributed by atoms with Crippen LogP contribution in [0.2, 0.25) is 10.0 Å². The van der Waals surface area contributed by atoms with E-state index >= 15 is 0 Å². The highest BCUT2D eigenvalue weighted by Gasteiger charge is 2.44. The highest BCUT2D eigenvalue weighted by Crippen LogP contribution is 2.43. The summed E-state index contributed by atoms with van der Waals surface area (Å²) in [6, 6.07) is 4.68. The molecule has 10 heteroatoms. The molecule has 4 rings (SSSR count). The van der Waals surface area contributed by atoms with E-state index in [1.54, 1.807) is 12.1 Å². The van der Waals surface area contributed by atoms with Gasteiger partial charge in [-0.1, -0.05) is 23.2 Å². The lowest BCUT2D eigenvalue weighted by Gasteiger charge is -2.21. The van der Waals surface area contributed by atoms with Crippen molar-refractivity contribution >= 4 is 34.2 Å². The summed E-state index contributed by atoms with van der Waals surface area (Å²) in [7, 11) is 0. The van der Waals surface area contributed by atoms with Crippen LogP contribution in [0.1, 0.15) is 18.2 Å². The monoisotopic (exact) mass is 452 g/mol. The van der Waals surface area contributed by atoms with Crippen molar-refractivity contribution < 1.29 is 19.7 Å². The molecular formula is C20H22Cl2N4O4. The number of hydrogen-bond donors (Lipinski definition) is 3. The minimum Gasteiger partial charge on any atom is -0.487 e. The average Bonchev–Trinajstić information content (AvgIpc) is 3.28. The van der Waals surface area contributed by atoms with Crippen LogP contribution in [0.15, 0.2) is 30.7 Å². The van der Waals surface area contributed by atoms with Gasteiger partial charge in [-0.3, -0.25) is 0 Å². The lowest BCUT2D eigenvalue weighted by atomic mass is 10.2. The molecule has 3 aromatic rings. The molecule has 0 saturated heterocycles. The van der Waals surface area contributed by atoms with Crippen LogP contribution in [0.4, 0.5) is 0 Å². The van der Waals surface area contributed by atoms with Crippen molar-refractivity contribution in [2.45, 2.75) is 37.7 Å².